The van der Waals surface area contributed by atoms with Gasteiger partial charge in [-0.3, -0.25) is 4.40 Å². The van der Waals surface area contributed by atoms with Crippen LogP contribution in [0.1, 0.15) is 5.56 Å². The minimum Gasteiger partial charge on any atom is -0.375 e. The molecule has 0 saturated carbocycles. The van der Waals surface area contributed by atoms with E-state index in [-0.39, 0.29) is 11.2 Å². The molecule has 0 saturated heterocycles. The minimum atomic E-state index is -0.952. The van der Waals surface area contributed by atoms with Crippen LogP contribution in [0.4, 0.5) is 20.3 Å². The molecule has 3 heterocycles. The Morgan fingerprint density at radius 3 is 2.93 bits per heavy atom. The number of ether oxygens (including phenoxy) is 1. The third-order valence-corrected chi connectivity index (χ3v) is 5.38. The van der Waals surface area contributed by atoms with E-state index in [0.29, 0.717) is 31.1 Å². The zero-order valence-electron chi connectivity index (χ0n) is 13.9. The predicted molar refractivity (Wildman–Crippen MR) is 99.0 cm³/mol. The van der Waals surface area contributed by atoms with Gasteiger partial charge in [0.25, 0.3) is 5.78 Å². The van der Waals surface area contributed by atoms with Crippen molar-refractivity contribution in [3.05, 3.63) is 58.3 Å². The van der Waals surface area contributed by atoms with Crippen molar-refractivity contribution in [1.82, 2.24) is 19.6 Å². The van der Waals surface area contributed by atoms with Crippen LogP contribution in [-0.4, -0.2) is 32.7 Å². The summed E-state index contributed by atoms with van der Waals surface area (Å²) < 4.78 is 37.0. The molecule has 4 aromatic rings. The number of rotatable bonds is 1. The molecule has 1 aliphatic heterocycles. The third-order valence-electron chi connectivity index (χ3n) is 4.64. The van der Waals surface area contributed by atoms with E-state index in [1.54, 1.807) is 0 Å². The molecule has 0 N–H and O–H groups in total. The number of hydrogen-bond acceptors (Lipinski definition) is 5. The molecular formula is C18H12BrF2N5O. The topological polar surface area (TPSA) is 55.5 Å². The summed E-state index contributed by atoms with van der Waals surface area (Å²) in [4.78, 5) is 6.34. The van der Waals surface area contributed by atoms with E-state index in [2.05, 4.69) is 31.1 Å². The van der Waals surface area contributed by atoms with Gasteiger partial charge in [0, 0.05) is 22.3 Å². The van der Waals surface area contributed by atoms with Crippen LogP contribution < -0.4 is 4.90 Å². The summed E-state index contributed by atoms with van der Waals surface area (Å²) in [7, 11) is 0. The molecule has 2 aromatic carbocycles. The van der Waals surface area contributed by atoms with Crippen molar-refractivity contribution in [2.45, 2.75) is 6.61 Å². The second-order valence-corrected chi connectivity index (χ2v) is 6.99. The molecule has 5 rings (SSSR count). The summed E-state index contributed by atoms with van der Waals surface area (Å²) in [5.74, 6) is -1.29. The molecule has 2 aromatic heterocycles. The van der Waals surface area contributed by atoms with E-state index in [0.717, 1.165) is 21.8 Å². The first-order valence-corrected chi connectivity index (χ1v) is 9.04. The molecule has 0 fully saturated rings. The average Bonchev–Trinajstić information content (AvgIpc) is 3.03. The Bertz CT molecular complexity index is 1200. The van der Waals surface area contributed by atoms with Crippen LogP contribution >= 0.6 is 15.9 Å². The first-order valence-electron chi connectivity index (χ1n) is 8.25. The monoisotopic (exact) mass is 431 g/mol. The van der Waals surface area contributed by atoms with Crippen molar-refractivity contribution in [2.75, 3.05) is 18.1 Å². The fourth-order valence-corrected chi connectivity index (χ4v) is 3.86. The van der Waals surface area contributed by atoms with Crippen LogP contribution in [0.25, 0.3) is 16.7 Å². The van der Waals surface area contributed by atoms with Gasteiger partial charge in [-0.05, 0) is 24.3 Å². The highest BCUT2D eigenvalue weighted by atomic mass is 79.9. The highest BCUT2D eigenvalue weighted by molar-refractivity contribution is 9.10. The first kappa shape index (κ1) is 16.5. The number of benzene rings is 2. The number of anilines is 2. The lowest BCUT2D eigenvalue weighted by Gasteiger charge is -2.25. The largest absolute Gasteiger partial charge is 0.375 e. The van der Waals surface area contributed by atoms with Crippen LogP contribution in [0.15, 0.2) is 41.1 Å². The van der Waals surface area contributed by atoms with Gasteiger partial charge >= 0.3 is 0 Å². The predicted octanol–water partition coefficient (Wildman–Crippen LogP) is 3.99. The first-order chi connectivity index (χ1) is 13.1. The van der Waals surface area contributed by atoms with Crippen LogP contribution in [0.2, 0.25) is 0 Å². The Morgan fingerprint density at radius 1 is 1.15 bits per heavy atom. The van der Waals surface area contributed by atoms with Gasteiger partial charge in [-0.2, -0.15) is 4.98 Å². The van der Waals surface area contributed by atoms with Crippen LogP contribution in [0.3, 0.4) is 0 Å². The Morgan fingerprint density at radius 2 is 2.04 bits per heavy atom. The van der Waals surface area contributed by atoms with Gasteiger partial charge in [-0.15, -0.1) is 10.2 Å². The highest BCUT2D eigenvalue weighted by Crippen LogP contribution is 2.38. The van der Waals surface area contributed by atoms with Crippen molar-refractivity contribution in [3.63, 3.8) is 0 Å². The maximum absolute atomic E-state index is 14.9. The average molecular weight is 432 g/mol. The molecule has 0 radical (unpaired) electrons. The fourth-order valence-electron chi connectivity index (χ4n) is 3.39. The Kier molecular flexibility index (Phi) is 3.80. The van der Waals surface area contributed by atoms with Crippen molar-refractivity contribution in [1.29, 1.82) is 0 Å². The molecular weight excluding hydrogens is 420 g/mol. The van der Waals surface area contributed by atoms with Gasteiger partial charge in [0.05, 0.1) is 24.1 Å². The van der Waals surface area contributed by atoms with E-state index in [9.17, 15) is 8.78 Å². The van der Waals surface area contributed by atoms with E-state index in [1.165, 1.54) is 16.8 Å². The molecule has 0 amide bonds. The van der Waals surface area contributed by atoms with Crippen molar-refractivity contribution < 1.29 is 13.5 Å². The fraction of sp³-hybridized carbons (Fsp3) is 0.167. The number of halogens is 3. The number of aromatic nitrogens is 4. The summed E-state index contributed by atoms with van der Waals surface area (Å²) in [6, 6.07) is 8.31. The van der Waals surface area contributed by atoms with Gasteiger partial charge in [0.15, 0.2) is 11.6 Å². The smallest absolute Gasteiger partial charge is 0.257 e. The summed E-state index contributed by atoms with van der Waals surface area (Å²) in [6.07, 6.45) is 1.43. The quantitative estimate of drug-likeness (QED) is 0.456. The standard InChI is InChI=1S/C18H12BrF2N5O/c19-11-2-1-3-13-10(11)8-27-7-6-25(13)17-15-14(5-4-12(20)16(15)21)26-9-22-24-18(26)23-17/h1-5,9H,6-8H2. The molecule has 0 aliphatic carbocycles. The van der Waals surface area contributed by atoms with Crippen molar-refractivity contribution >= 4 is 44.1 Å². The van der Waals surface area contributed by atoms with Gasteiger partial charge in [0.1, 0.15) is 12.1 Å². The second kappa shape index (κ2) is 6.21. The number of hydrogen-bond donors (Lipinski definition) is 0. The normalized spacial score (nSPS) is 14.6. The Hall–Kier alpha value is -2.65. The zero-order chi connectivity index (χ0) is 18.5. The molecule has 1 aliphatic rings. The van der Waals surface area contributed by atoms with Gasteiger partial charge in [0.2, 0.25) is 0 Å². The van der Waals surface area contributed by atoms with E-state index < -0.39 is 11.6 Å². The molecule has 0 bridgehead atoms. The molecule has 0 unspecified atom stereocenters. The van der Waals surface area contributed by atoms with Crippen LogP contribution in [-0.2, 0) is 11.3 Å². The van der Waals surface area contributed by atoms with Crippen LogP contribution in [0.5, 0.6) is 0 Å². The number of fused-ring (bicyclic) bond motifs is 4. The lowest BCUT2D eigenvalue weighted by Crippen LogP contribution is -2.23. The summed E-state index contributed by atoms with van der Waals surface area (Å²) >= 11 is 3.54. The van der Waals surface area contributed by atoms with E-state index in [1.807, 2.05) is 23.1 Å². The number of nitrogens with zero attached hydrogens (tertiary/aromatic N) is 5. The van der Waals surface area contributed by atoms with E-state index >= 15 is 0 Å². The molecule has 6 nitrogen and oxygen atoms in total. The minimum absolute atomic E-state index is 0.0788. The summed E-state index contributed by atoms with van der Waals surface area (Å²) in [5.41, 5.74) is 2.19. The third kappa shape index (κ3) is 2.49. The van der Waals surface area contributed by atoms with Crippen molar-refractivity contribution in [3.8, 4) is 0 Å². The maximum atomic E-state index is 14.9. The molecule has 27 heavy (non-hydrogen) atoms. The van der Waals surface area contributed by atoms with E-state index in [4.69, 9.17) is 4.74 Å². The van der Waals surface area contributed by atoms with Gasteiger partial charge in [-0.25, -0.2) is 8.78 Å². The van der Waals surface area contributed by atoms with Crippen molar-refractivity contribution in [2.24, 2.45) is 0 Å². The maximum Gasteiger partial charge on any atom is 0.257 e. The molecule has 0 atom stereocenters. The Balaban J connectivity index is 1.87. The highest BCUT2D eigenvalue weighted by Gasteiger charge is 2.25. The zero-order valence-corrected chi connectivity index (χ0v) is 15.4. The SMILES string of the molecule is Fc1ccc2c(c(N3CCOCc4c(Br)cccc43)nc3nncn32)c1F. The molecule has 136 valence electrons. The van der Waals surface area contributed by atoms with Gasteiger partial charge in [-0.1, -0.05) is 22.0 Å². The second-order valence-electron chi connectivity index (χ2n) is 6.13. The lowest BCUT2D eigenvalue weighted by atomic mass is 10.1. The summed E-state index contributed by atoms with van der Waals surface area (Å²) in [6.45, 7) is 1.26. The lowest BCUT2D eigenvalue weighted by molar-refractivity contribution is 0.133. The summed E-state index contributed by atoms with van der Waals surface area (Å²) in [5, 5.41) is 7.92. The molecule has 9 heteroatoms. The Labute approximate surface area is 160 Å². The molecule has 0 spiro atoms. The van der Waals surface area contributed by atoms with Crippen LogP contribution in [0, 0.1) is 11.6 Å². The van der Waals surface area contributed by atoms with Gasteiger partial charge < -0.3 is 9.64 Å².